The minimum absolute atomic E-state index is 0.00524. The van der Waals surface area contributed by atoms with Gasteiger partial charge in [-0.2, -0.15) is 13.2 Å². The molecule has 1 heterocycles. The highest BCUT2D eigenvalue weighted by Gasteiger charge is 2.33. The van der Waals surface area contributed by atoms with Gasteiger partial charge in [-0.1, -0.05) is 34.8 Å². The first-order valence-corrected chi connectivity index (χ1v) is 6.69. The van der Waals surface area contributed by atoms with Gasteiger partial charge < -0.3 is 5.11 Å². The summed E-state index contributed by atoms with van der Waals surface area (Å²) in [5.41, 5.74) is -0.759. The third-order valence-electron chi connectivity index (χ3n) is 2.64. The van der Waals surface area contributed by atoms with E-state index in [1.165, 1.54) is 18.2 Å². The molecule has 21 heavy (non-hydrogen) atoms. The predicted octanol–water partition coefficient (Wildman–Crippen LogP) is 5.22. The standard InChI is InChI=1S/C13H7Cl3F3NO/c14-8-3-7(4-9(15)12(8)16)10-1-6(5-21)2-11(20-10)13(17,18)19/h1-4,21H,5H2. The molecule has 0 aliphatic heterocycles. The van der Waals surface area contributed by atoms with Gasteiger partial charge in [-0.05, 0) is 29.8 Å². The van der Waals surface area contributed by atoms with Crippen molar-refractivity contribution in [3.05, 3.63) is 50.6 Å². The highest BCUT2D eigenvalue weighted by atomic mass is 35.5. The van der Waals surface area contributed by atoms with Crippen LogP contribution >= 0.6 is 34.8 Å². The SMILES string of the molecule is OCc1cc(-c2cc(Cl)c(Cl)c(Cl)c2)nc(C(F)(F)F)c1. The van der Waals surface area contributed by atoms with E-state index in [0.29, 0.717) is 0 Å². The Balaban J connectivity index is 2.63. The minimum atomic E-state index is -4.63. The highest BCUT2D eigenvalue weighted by molar-refractivity contribution is 6.48. The third-order valence-corrected chi connectivity index (χ3v) is 3.83. The van der Waals surface area contributed by atoms with Gasteiger partial charge >= 0.3 is 6.18 Å². The van der Waals surface area contributed by atoms with Gasteiger partial charge in [0, 0.05) is 5.56 Å². The Bertz CT molecular complexity index is 666. The van der Waals surface area contributed by atoms with Crippen molar-refractivity contribution in [3.63, 3.8) is 0 Å². The zero-order chi connectivity index (χ0) is 15.8. The summed E-state index contributed by atoms with van der Waals surface area (Å²) in [5, 5.41) is 9.39. The van der Waals surface area contributed by atoms with Gasteiger partial charge in [0.25, 0.3) is 0 Å². The van der Waals surface area contributed by atoms with Gasteiger partial charge in [0.1, 0.15) is 5.69 Å². The van der Waals surface area contributed by atoms with Crippen molar-refractivity contribution in [2.45, 2.75) is 12.8 Å². The van der Waals surface area contributed by atoms with Crippen LogP contribution in [-0.4, -0.2) is 10.1 Å². The van der Waals surface area contributed by atoms with Gasteiger partial charge in [-0.25, -0.2) is 4.98 Å². The second-order valence-corrected chi connectivity index (χ2v) is 5.35. The lowest BCUT2D eigenvalue weighted by atomic mass is 10.1. The summed E-state index contributed by atoms with van der Waals surface area (Å²) >= 11 is 17.5. The van der Waals surface area contributed by atoms with Crippen molar-refractivity contribution in [2.75, 3.05) is 0 Å². The summed E-state index contributed by atoms with van der Waals surface area (Å²) in [4.78, 5) is 3.54. The van der Waals surface area contributed by atoms with E-state index in [2.05, 4.69) is 4.98 Å². The van der Waals surface area contributed by atoms with Crippen LogP contribution in [0.3, 0.4) is 0 Å². The molecular weight excluding hydrogens is 350 g/mol. The van der Waals surface area contributed by atoms with E-state index in [-0.39, 0.29) is 31.9 Å². The van der Waals surface area contributed by atoms with Crippen LogP contribution in [0.15, 0.2) is 24.3 Å². The molecule has 0 amide bonds. The minimum Gasteiger partial charge on any atom is -0.392 e. The number of aromatic nitrogens is 1. The Labute approximate surface area is 133 Å². The number of aliphatic hydroxyl groups is 1. The highest BCUT2D eigenvalue weighted by Crippen LogP contribution is 2.36. The molecule has 2 nitrogen and oxygen atoms in total. The zero-order valence-corrected chi connectivity index (χ0v) is 12.4. The maximum atomic E-state index is 12.8. The summed E-state index contributed by atoms with van der Waals surface area (Å²) in [5.74, 6) is 0. The molecule has 0 aliphatic rings. The molecule has 0 atom stereocenters. The van der Waals surface area contributed by atoms with Gasteiger partial charge in [0.05, 0.1) is 27.4 Å². The summed E-state index contributed by atoms with van der Waals surface area (Å²) in [7, 11) is 0. The van der Waals surface area contributed by atoms with E-state index < -0.39 is 18.5 Å². The molecule has 2 aromatic rings. The number of pyridine rings is 1. The average molecular weight is 357 g/mol. The van der Waals surface area contributed by atoms with Crippen LogP contribution in [0.2, 0.25) is 15.1 Å². The molecule has 0 unspecified atom stereocenters. The van der Waals surface area contributed by atoms with Crippen LogP contribution in [0.1, 0.15) is 11.3 Å². The molecule has 0 saturated carbocycles. The number of rotatable bonds is 2. The number of aliphatic hydroxyl groups excluding tert-OH is 1. The first-order valence-electron chi connectivity index (χ1n) is 5.56. The zero-order valence-electron chi connectivity index (χ0n) is 10.2. The molecule has 0 saturated heterocycles. The van der Waals surface area contributed by atoms with E-state index in [1.807, 2.05) is 0 Å². The van der Waals surface area contributed by atoms with Crippen LogP contribution in [0.25, 0.3) is 11.3 Å². The van der Waals surface area contributed by atoms with Crippen LogP contribution in [0, 0.1) is 0 Å². The van der Waals surface area contributed by atoms with Gasteiger partial charge in [0.15, 0.2) is 0 Å². The van der Waals surface area contributed by atoms with Crippen molar-refractivity contribution in [1.82, 2.24) is 4.98 Å². The molecule has 112 valence electrons. The molecule has 0 fully saturated rings. The van der Waals surface area contributed by atoms with Crippen molar-refractivity contribution < 1.29 is 18.3 Å². The van der Waals surface area contributed by atoms with Crippen molar-refractivity contribution in [1.29, 1.82) is 0 Å². The Morgan fingerprint density at radius 2 is 1.57 bits per heavy atom. The van der Waals surface area contributed by atoms with E-state index >= 15 is 0 Å². The van der Waals surface area contributed by atoms with Crippen molar-refractivity contribution in [2.24, 2.45) is 0 Å². The normalized spacial score (nSPS) is 11.8. The lowest BCUT2D eigenvalue weighted by molar-refractivity contribution is -0.141. The van der Waals surface area contributed by atoms with Crippen LogP contribution < -0.4 is 0 Å². The van der Waals surface area contributed by atoms with E-state index in [9.17, 15) is 13.2 Å². The monoisotopic (exact) mass is 355 g/mol. The molecule has 0 spiro atoms. The number of hydrogen-bond donors (Lipinski definition) is 1. The summed E-state index contributed by atoms with van der Waals surface area (Å²) in [6.45, 7) is -0.548. The maximum Gasteiger partial charge on any atom is 0.433 e. The van der Waals surface area contributed by atoms with Crippen LogP contribution in [0.5, 0.6) is 0 Å². The number of hydrogen-bond acceptors (Lipinski definition) is 2. The smallest absolute Gasteiger partial charge is 0.392 e. The number of alkyl halides is 3. The molecule has 0 aliphatic carbocycles. The van der Waals surface area contributed by atoms with E-state index in [0.717, 1.165) is 6.07 Å². The van der Waals surface area contributed by atoms with Crippen molar-refractivity contribution in [3.8, 4) is 11.3 Å². The van der Waals surface area contributed by atoms with E-state index in [4.69, 9.17) is 39.9 Å². The number of benzene rings is 1. The second kappa shape index (κ2) is 6.01. The first-order chi connectivity index (χ1) is 9.72. The van der Waals surface area contributed by atoms with Crippen LogP contribution in [0.4, 0.5) is 13.2 Å². The molecule has 1 aromatic carbocycles. The van der Waals surface area contributed by atoms with Crippen LogP contribution in [-0.2, 0) is 12.8 Å². The summed E-state index contributed by atoms with van der Waals surface area (Å²) in [6.07, 6.45) is -4.63. The molecule has 0 radical (unpaired) electrons. The maximum absolute atomic E-state index is 12.8. The van der Waals surface area contributed by atoms with Gasteiger partial charge in [-0.15, -0.1) is 0 Å². The van der Waals surface area contributed by atoms with Crippen molar-refractivity contribution >= 4 is 34.8 Å². The Morgan fingerprint density at radius 3 is 2.05 bits per heavy atom. The molecule has 1 aromatic heterocycles. The molecule has 2 rings (SSSR count). The Kier molecular flexibility index (Phi) is 4.68. The first kappa shape index (κ1) is 16.4. The number of nitrogens with zero attached hydrogens (tertiary/aromatic N) is 1. The fraction of sp³-hybridized carbons (Fsp3) is 0.154. The second-order valence-electron chi connectivity index (χ2n) is 4.16. The topological polar surface area (TPSA) is 33.1 Å². The summed E-state index contributed by atoms with van der Waals surface area (Å²) < 4.78 is 38.4. The number of halogens is 6. The fourth-order valence-electron chi connectivity index (χ4n) is 1.67. The molecular formula is C13H7Cl3F3NO. The lowest BCUT2D eigenvalue weighted by Crippen LogP contribution is -2.09. The summed E-state index contributed by atoms with van der Waals surface area (Å²) in [6, 6.07) is 4.83. The molecule has 1 N–H and O–H groups in total. The molecule has 0 bridgehead atoms. The Hall–Kier alpha value is -1.01. The average Bonchev–Trinajstić information content (AvgIpc) is 2.42. The largest absolute Gasteiger partial charge is 0.433 e. The fourth-order valence-corrected chi connectivity index (χ4v) is 2.27. The van der Waals surface area contributed by atoms with E-state index in [1.54, 1.807) is 0 Å². The Morgan fingerprint density at radius 1 is 1.00 bits per heavy atom. The quantitative estimate of drug-likeness (QED) is 0.748. The van der Waals surface area contributed by atoms with Gasteiger partial charge in [0.2, 0.25) is 0 Å². The predicted molar refractivity (Wildman–Crippen MR) is 75.6 cm³/mol. The third kappa shape index (κ3) is 3.61. The van der Waals surface area contributed by atoms with Gasteiger partial charge in [-0.3, -0.25) is 0 Å². The lowest BCUT2D eigenvalue weighted by Gasteiger charge is -2.11. The molecule has 8 heteroatoms.